The van der Waals surface area contributed by atoms with E-state index in [1.807, 2.05) is 6.92 Å². The first kappa shape index (κ1) is 14.7. The Bertz CT molecular complexity index is 677. The Morgan fingerprint density at radius 1 is 1.14 bits per heavy atom. The third kappa shape index (κ3) is 3.65. The van der Waals surface area contributed by atoms with Crippen molar-refractivity contribution < 1.29 is 13.7 Å². The van der Waals surface area contributed by atoms with Crippen LogP contribution in [0, 0.1) is 21.7 Å². The number of rotatable bonds is 5. The van der Waals surface area contributed by atoms with E-state index < -0.39 is 16.6 Å². The summed E-state index contributed by atoms with van der Waals surface area (Å²) in [5.41, 5.74) is 0.585. The summed E-state index contributed by atoms with van der Waals surface area (Å²) in [6, 6.07) is 7.18. The fourth-order valence-corrected chi connectivity index (χ4v) is 1.84. The van der Waals surface area contributed by atoms with E-state index in [9.17, 15) is 18.9 Å². The van der Waals surface area contributed by atoms with E-state index in [0.29, 0.717) is 17.9 Å². The average Bonchev–Trinajstić information content (AvgIpc) is 2.43. The van der Waals surface area contributed by atoms with Gasteiger partial charge in [-0.05, 0) is 25.1 Å². The summed E-state index contributed by atoms with van der Waals surface area (Å²) in [4.78, 5) is 10.4. The largest absolute Gasteiger partial charge is 0.385 e. The lowest BCUT2D eigenvalue weighted by Crippen LogP contribution is -2.01. The number of nitrogens with zero attached hydrogens (tertiary/aromatic N) is 1. The Morgan fingerprint density at radius 3 is 2.52 bits per heavy atom. The van der Waals surface area contributed by atoms with E-state index in [1.165, 1.54) is 12.1 Å². The molecule has 110 valence electrons. The molecule has 0 fully saturated rings. The van der Waals surface area contributed by atoms with Crippen LogP contribution in [0.5, 0.6) is 0 Å². The minimum absolute atomic E-state index is 0.0852. The van der Waals surface area contributed by atoms with Crippen LogP contribution in [0.1, 0.15) is 6.92 Å². The smallest absolute Gasteiger partial charge is 0.273 e. The molecule has 0 unspecified atom stereocenters. The lowest BCUT2D eigenvalue weighted by atomic mass is 10.2. The minimum Gasteiger partial charge on any atom is -0.385 e. The molecule has 0 aromatic heterocycles. The number of nitro benzene ring substituents is 1. The summed E-state index contributed by atoms with van der Waals surface area (Å²) < 4.78 is 26.7. The fourth-order valence-electron chi connectivity index (χ4n) is 1.84. The number of hydrogen-bond donors (Lipinski definition) is 2. The van der Waals surface area contributed by atoms with Crippen LogP contribution >= 0.6 is 0 Å². The van der Waals surface area contributed by atoms with E-state index in [4.69, 9.17) is 0 Å². The van der Waals surface area contributed by atoms with Gasteiger partial charge in [0.1, 0.15) is 11.6 Å². The molecule has 0 saturated heterocycles. The molecule has 0 heterocycles. The highest BCUT2D eigenvalue weighted by Gasteiger charge is 2.11. The highest BCUT2D eigenvalue weighted by molar-refractivity contribution is 5.69. The van der Waals surface area contributed by atoms with E-state index in [2.05, 4.69) is 10.6 Å². The van der Waals surface area contributed by atoms with Crippen LogP contribution in [0.15, 0.2) is 36.4 Å². The summed E-state index contributed by atoms with van der Waals surface area (Å²) in [7, 11) is 0. The van der Waals surface area contributed by atoms with Crippen LogP contribution in [0.25, 0.3) is 0 Å². The van der Waals surface area contributed by atoms with Crippen LogP contribution in [0.4, 0.5) is 31.5 Å². The Kier molecular flexibility index (Phi) is 4.32. The first-order chi connectivity index (χ1) is 9.99. The molecule has 0 aliphatic rings. The van der Waals surface area contributed by atoms with Gasteiger partial charge < -0.3 is 10.6 Å². The van der Waals surface area contributed by atoms with Crippen LogP contribution in [-0.2, 0) is 0 Å². The zero-order chi connectivity index (χ0) is 15.4. The van der Waals surface area contributed by atoms with Crippen LogP contribution in [-0.4, -0.2) is 11.5 Å². The van der Waals surface area contributed by atoms with Crippen molar-refractivity contribution in [2.24, 2.45) is 0 Å². The third-order valence-electron chi connectivity index (χ3n) is 2.72. The Labute approximate surface area is 119 Å². The second kappa shape index (κ2) is 6.17. The summed E-state index contributed by atoms with van der Waals surface area (Å²) in [5.74, 6) is -1.25. The van der Waals surface area contributed by atoms with Gasteiger partial charge in [-0.25, -0.2) is 8.78 Å². The monoisotopic (exact) mass is 293 g/mol. The second-order valence-corrected chi connectivity index (χ2v) is 4.31. The summed E-state index contributed by atoms with van der Waals surface area (Å²) >= 11 is 0. The topological polar surface area (TPSA) is 67.2 Å². The van der Waals surface area contributed by atoms with Crippen molar-refractivity contribution in [3.05, 3.63) is 58.1 Å². The van der Waals surface area contributed by atoms with Gasteiger partial charge in [0.15, 0.2) is 0 Å². The van der Waals surface area contributed by atoms with Crippen LogP contribution < -0.4 is 10.6 Å². The van der Waals surface area contributed by atoms with Gasteiger partial charge in [-0.2, -0.15) is 0 Å². The van der Waals surface area contributed by atoms with Crippen molar-refractivity contribution in [1.82, 2.24) is 0 Å². The molecule has 2 aromatic carbocycles. The molecule has 0 radical (unpaired) electrons. The zero-order valence-electron chi connectivity index (χ0n) is 11.2. The van der Waals surface area contributed by atoms with Crippen molar-refractivity contribution >= 4 is 22.7 Å². The van der Waals surface area contributed by atoms with Crippen LogP contribution in [0.3, 0.4) is 0 Å². The van der Waals surface area contributed by atoms with Crippen molar-refractivity contribution in [2.75, 3.05) is 17.2 Å². The maximum Gasteiger partial charge on any atom is 0.273 e. The Hall–Kier alpha value is -2.70. The van der Waals surface area contributed by atoms with Gasteiger partial charge in [-0.1, -0.05) is 0 Å². The zero-order valence-corrected chi connectivity index (χ0v) is 11.2. The molecule has 0 amide bonds. The van der Waals surface area contributed by atoms with E-state index in [-0.39, 0.29) is 11.4 Å². The molecule has 0 saturated carbocycles. The molecule has 0 aliphatic heterocycles. The van der Waals surface area contributed by atoms with Gasteiger partial charge in [0.05, 0.1) is 10.6 Å². The molecule has 0 aliphatic carbocycles. The number of halogens is 2. The van der Waals surface area contributed by atoms with Gasteiger partial charge in [0.2, 0.25) is 0 Å². The van der Waals surface area contributed by atoms with E-state index in [1.54, 1.807) is 6.07 Å². The minimum atomic E-state index is -0.645. The first-order valence-electron chi connectivity index (χ1n) is 6.25. The molecule has 0 atom stereocenters. The highest BCUT2D eigenvalue weighted by Crippen LogP contribution is 2.28. The maximum absolute atomic E-state index is 13.6. The molecule has 2 N–H and O–H groups in total. The van der Waals surface area contributed by atoms with Crippen molar-refractivity contribution in [3.63, 3.8) is 0 Å². The first-order valence-corrected chi connectivity index (χ1v) is 6.25. The van der Waals surface area contributed by atoms with Gasteiger partial charge in [0.25, 0.3) is 5.69 Å². The molecular formula is C14H13F2N3O2. The number of nitro groups is 1. The van der Waals surface area contributed by atoms with Gasteiger partial charge in [-0.3, -0.25) is 10.1 Å². The molecule has 2 rings (SSSR count). The average molecular weight is 293 g/mol. The Morgan fingerprint density at radius 2 is 1.86 bits per heavy atom. The van der Waals surface area contributed by atoms with Gasteiger partial charge in [0, 0.05) is 36.1 Å². The third-order valence-corrected chi connectivity index (χ3v) is 2.72. The number of anilines is 3. The van der Waals surface area contributed by atoms with Crippen molar-refractivity contribution in [3.8, 4) is 0 Å². The molecule has 5 nitrogen and oxygen atoms in total. The lowest BCUT2D eigenvalue weighted by molar-refractivity contribution is -0.384. The summed E-state index contributed by atoms with van der Waals surface area (Å²) in [6.07, 6.45) is 0. The van der Waals surface area contributed by atoms with Crippen molar-refractivity contribution in [2.45, 2.75) is 6.92 Å². The van der Waals surface area contributed by atoms with Gasteiger partial charge in [-0.15, -0.1) is 0 Å². The quantitative estimate of drug-likeness (QED) is 0.644. The lowest BCUT2D eigenvalue weighted by Gasteiger charge is -2.10. The molecule has 2 aromatic rings. The second-order valence-electron chi connectivity index (χ2n) is 4.31. The van der Waals surface area contributed by atoms with Crippen LogP contribution in [0.2, 0.25) is 0 Å². The van der Waals surface area contributed by atoms with Gasteiger partial charge >= 0.3 is 0 Å². The number of benzene rings is 2. The summed E-state index contributed by atoms with van der Waals surface area (Å²) in [6.45, 7) is 2.42. The van der Waals surface area contributed by atoms with E-state index >= 15 is 0 Å². The fraction of sp³-hybridized carbons (Fsp3) is 0.143. The van der Waals surface area contributed by atoms with Crippen molar-refractivity contribution in [1.29, 1.82) is 0 Å². The normalized spacial score (nSPS) is 10.2. The van der Waals surface area contributed by atoms with E-state index in [0.717, 1.165) is 18.2 Å². The SMILES string of the molecule is CCNc1cc(Nc2cc(F)ccc2F)cc([N+](=O)[O-])c1. The number of hydrogen-bond acceptors (Lipinski definition) is 4. The molecule has 21 heavy (non-hydrogen) atoms. The highest BCUT2D eigenvalue weighted by atomic mass is 19.1. The number of non-ortho nitro benzene ring substituents is 1. The molecular weight excluding hydrogens is 280 g/mol. The maximum atomic E-state index is 13.6. The molecule has 7 heteroatoms. The number of nitrogens with one attached hydrogen (secondary N) is 2. The Balaban J connectivity index is 2.38. The summed E-state index contributed by atoms with van der Waals surface area (Å²) in [5, 5.41) is 16.5. The predicted octanol–water partition coefficient (Wildman–Crippen LogP) is 4.05. The standard InChI is InChI=1S/C14H13F2N3O2/c1-2-17-10-6-11(8-12(7-10)19(20)21)18-14-5-9(15)3-4-13(14)16/h3-8,17-18H,2H2,1H3. The molecule has 0 bridgehead atoms. The predicted molar refractivity (Wildman–Crippen MR) is 76.9 cm³/mol. The molecule has 0 spiro atoms.